The van der Waals surface area contributed by atoms with E-state index in [1.807, 2.05) is 24.3 Å². The van der Waals surface area contributed by atoms with Gasteiger partial charge in [0.05, 0.1) is 18.8 Å². The Morgan fingerprint density at radius 2 is 1.40 bits per heavy atom. The molecule has 0 aromatic heterocycles. The summed E-state index contributed by atoms with van der Waals surface area (Å²) >= 11 is 0. The molecule has 0 saturated heterocycles. The predicted molar refractivity (Wildman–Crippen MR) is 158 cm³/mol. The molecule has 0 amide bonds. The maximum absolute atomic E-state index is 12.2. The number of hydrogen-bond donors (Lipinski definition) is 3. The molecule has 0 spiro atoms. The van der Waals surface area contributed by atoms with Gasteiger partial charge in [0.1, 0.15) is 17.2 Å². The van der Waals surface area contributed by atoms with Crippen molar-refractivity contribution >= 4 is 29.4 Å². The van der Waals surface area contributed by atoms with Gasteiger partial charge in [0.2, 0.25) is 0 Å². The summed E-state index contributed by atoms with van der Waals surface area (Å²) in [5, 5.41) is 9.40. The van der Waals surface area contributed by atoms with Gasteiger partial charge in [-0.3, -0.25) is 0 Å². The minimum absolute atomic E-state index is 0.175. The third kappa shape index (κ3) is 10.0. The van der Waals surface area contributed by atoms with E-state index in [2.05, 4.69) is 6.92 Å². The number of carboxylic acid groups (broad SMARTS) is 1. The number of carbonyl (C=O) groups excluding carboxylic acids is 1. The van der Waals surface area contributed by atoms with Crippen LogP contribution < -0.4 is 25.7 Å². The Morgan fingerprint density at radius 1 is 0.800 bits per heavy atom. The van der Waals surface area contributed by atoms with Crippen molar-refractivity contribution in [3.8, 4) is 17.2 Å². The van der Waals surface area contributed by atoms with Gasteiger partial charge < -0.3 is 30.8 Å². The molecule has 0 aliphatic rings. The molecule has 3 rings (SSSR count). The fraction of sp³-hybridized carbons (Fsp3) is 0.312. The van der Waals surface area contributed by atoms with E-state index in [-0.39, 0.29) is 5.56 Å². The summed E-state index contributed by atoms with van der Waals surface area (Å²) in [6, 6.07) is 17.5. The fourth-order valence-electron chi connectivity index (χ4n) is 4.06. The first-order chi connectivity index (χ1) is 19.4. The summed E-state index contributed by atoms with van der Waals surface area (Å²) < 4.78 is 16.8. The highest BCUT2D eigenvalue weighted by Gasteiger charge is 2.14. The minimum atomic E-state index is -1.02. The maximum atomic E-state index is 12.2. The van der Waals surface area contributed by atoms with Gasteiger partial charge in [0, 0.05) is 17.5 Å². The van der Waals surface area contributed by atoms with Crippen molar-refractivity contribution in [1.82, 2.24) is 0 Å². The van der Waals surface area contributed by atoms with Crippen LogP contribution in [0.4, 0.5) is 11.4 Å². The number of benzene rings is 3. The normalized spacial score (nSPS) is 10.9. The number of anilines is 2. The molecule has 212 valence electrons. The molecule has 0 aliphatic heterocycles. The van der Waals surface area contributed by atoms with Gasteiger partial charge in [-0.1, -0.05) is 38.3 Å². The third-order valence-corrected chi connectivity index (χ3v) is 6.23. The summed E-state index contributed by atoms with van der Waals surface area (Å²) in [7, 11) is 0. The molecule has 0 atom stereocenters. The maximum Gasteiger partial charge on any atom is 0.336 e. The van der Waals surface area contributed by atoms with E-state index in [9.17, 15) is 14.7 Å². The Hall–Kier alpha value is -4.46. The predicted octanol–water partition coefficient (Wildman–Crippen LogP) is 6.53. The Morgan fingerprint density at radius 3 is 2.05 bits per heavy atom. The second-order valence-corrected chi connectivity index (χ2v) is 9.45. The minimum Gasteiger partial charge on any atom is -0.494 e. The highest BCUT2D eigenvalue weighted by molar-refractivity contribution is 5.92. The molecule has 8 nitrogen and oxygen atoms in total. The molecule has 0 unspecified atom stereocenters. The summed E-state index contributed by atoms with van der Waals surface area (Å²) in [6.45, 7) is 3.36. The van der Waals surface area contributed by atoms with Crippen LogP contribution in [0.15, 0.2) is 66.7 Å². The van der Waals surface area contributed by atoms with Crippen LogP contribution in [0, 0.1) is 0 Å². The van der Waals surface area contributed by atoms with Crippen molar-refractivity contribution in [2.45, 2.75) is 51.9 Å². The monoisotopic (exact) mass is 546 g/mol. The van der Waals surface area contributed by atoms with Crippen LogP contribution in [-0.4, -0.2) is 30.3 Å². The molecular formula is C32H38N2O6. The number of esters is 1. The van der Waals surface area contributed by atoms with Crippen LogP contribution in [0.1, 0.15) is 66.9 Å². The Kier molecular flexibility index (Phi) is 11.9. The SMILES string of the molecule is CCCCOc1ccc(OC(=O)/C=C/c2ccc(OCCCCCCc3c(N)cc(N)cc3C(=O)O)cc2)cc1. The zero-order valence-corrected chi connectivity index (χ0v) is 22.9. The smallest absolute Gasteiger partial charge is 0.336 e. The molecule has 0 bridgehead atoms. The molecule has 40 heavy (non-hydrogen) atoms. The van der Waals surface area contributed by atoms with Crippen LogP contribution in [0.25, 0.3) is 6.08 Å². The zero-order chi connectivity index (χ0) is 28.7. The zero-order valence-electron chi connectivity index (χ0n) is 22.9. The summed E-state index contributed by atoms with van der Waals surface area (Å²) in [5.74, 6) is 0.487. The van der Waals surface area contributed by atoms with Gasteiger partial charge in [-0.05, 0) is 91.4 Å². The summed E-state index contributed by atoms with van der Waals surface area (Å²) in [5.41, 5.74) is 14.2. The van der Waals surface area contributed by atoms with Gasteiger partial charge in [0.25, 0.3) is 0 Å². The molecule has 0 heterocycles. The van der Waals surface area contributed by atoms with E-state index in [0.29, 0.717) is 42.3 Å². The average molecular weight is 547 g/mol. The van der Waals surface area contributed by atoms with Crippen molar-refractivity contribution < 1.29 is 28.9 Å². The van der Waals surface area contributed by atoms with E-state index < -0.39 is 11.9 Å². The van der Waals surface area contributed by atoms with Crippen LogP contribution >= 0.6 is 0 Å². The second kappa shape index (κ2) is 15.8. The lowest BCUT2D eigenvalue weighted by Crippen LogP contribution is -2.08. The molecule has 8 heteroatoms. The van der Waals surface area contributed by atoms with E-state index in [4.69, 9.17) is 25.7 Å². The number of nitrogens with two attached hydrogens (primary N) is 2. The Balaban J connectivity index is 1.33. The lowest BCUT2D eigenvalue weighted by atomic mass is 9.98. The highest BCUT2D eigenvalue weighted by Crippen LogP contribution is 2.24. The molecule has 3 aromatic rings. The number of hydrogen-bond acceptors (Lipinski definition) is 7. The first kappa shape index (κ1) is 30.1. The molecule has 5 N–H and O–H groups in total. The van der Waals surface area contributed by atoms with Crippen LogP contribution in [0.2, 0.25) is 0 Å². The van der Waals surface area contributed by atoms with Crippen LogP contribution in [0.5, 0.6) is 17.2 Å². The Bertz CT molecular complexity index is 1270. The van der Waals surface area contributed by atoms with E-state index >= 15 is 0 Å². The fourth-order valence-corrected chi connectivity index (χ4v) is 4.06. The number of carboxylic acids is 1. The van der Waals surface area contributed by atoms with E-state index in [1.165, 1.54) is 12.1 Å². The second-order valence-electron chi connectivity index (χ2n) is 9.45. The average Bonchev–Trinajstić information content (AvgIpc) is 2.93. The van der Waals surface area contributed by atoms with Crippen molar-refractivity contribution in [3.05, 3.63) is 83.4 Å². The van der Waals surface area contributed by atoms with Crippen LogP contribution in [-0.2, 0) is 11.2 Å². The van der Waals surface area contributed by atoms with Crippen molar-refractivity contribution in [1.29, 1.82) is 0 Å². The van der Waals surface area contributed by atoms with Gasteiger partial charge in [0.15, 0.2) is 0 Å². The number of nitrogen functional groups attached to an aromatic ring is 2. The quantitative estimate of drug-likeness (QED) is 0.0607. The third-order valence-electron chi connectivity index (χ3n) is 6.23. The standard InChI is InChI=1S/C32H38N2O6/c1-2-3-19-38-26-14-16-27(17-15-26)40-31(35)18-11-23-9-12-25(13-10-23)39-20-7-5-4-6-8-28-29(32(36)37)21-24(33)22-30(28)34/h9-18,21-22H,2-8,19-20,33-34H2,1H3,(H,36,37)/b18-11+. The number of carbonyl (C=O) groups is 2. The molecular weight excluding hydrogens is 508 g/mol. The van der Waals surface area contributed by atoms with Crippen molar-refractivity contribution in [2.75, 3.05) is 24.7 Å². The lowest BCUT2D eigenvalue weighted by Gasteiger charge is -2.11. The number of rotatable bonds is 16. The molecule has 0 fully saturated rings. The van der Waals surface area contributed by atoms with Gasteiger partial charge in [-0.15, -0.1) is 0 Å². The number of ether oxygens (including phenoxy) is 3. The van der Waals surface area contributed by atoms with E-state index in [0.717, 1.165) is 55.6 Å². The van der Waals surface area contributed by atoms with Gasteiger partial charge >= 0.3 is 11.9 Å². The molecule has 0 aliphatic carbocycles. The first-order valence-electron chi connectivity index (χ1n) is 13.6. The number of aromatic carboxylic acids is 1. The van der Waals surface area contributed by atoms with Crippen molar-refractivity contribution in [3.63, 3.8) is 0 Å². The largest absolute Gasteiger partial charge is 0.494 e. The highest BCUT2D eigenvalue weighted by atomic mass is 16.5. The topological polar surface area (TPSA) is 134 Å². The number of unbranched alkanes of at least 4 members (excludes halogenated alkanes) is 4. The molecule has 0 radical (unpaired) electrons. The summed E-state index contributed by atoms with van der Waals surface area (Å²) in [6.07, 6.45) is 9.34. The van der Waals surface area contributed by atoms with E-state index in [1.54, 1.807) is 36.4 Å². The Labute approximate surface area is 235 Å². The van der Waals surface area contributed by atoms with Gasteiger partial charge in [-0.25, -0.2) is 9.59 Å². The van der Waals surface area contributed by atoms with Crippen molar-refractivity contribution in [2.24, 2.45) is 0 Å². The van der Waals surface area contributed by atoms with Crippen LogP contribution in [0.3, 0.4) is 0 Å². The van der Waals surface area contributed by atoms with Gasteiger partial charge in [-0.2, -0.15) is 0 Å². The summed E-state index contributed by atoms with van der Waals surface area (Å²) in [4.78, 5) is 23.6. The molecule has 0 saturated carbocycles. The lowest BCUT2D eigenvalue weighted by molar-refractivity contribution is -0.128. The molecule has 3 aromatic carbocycles. The first-order valence-corrected chi connectivity index (χ1v) is 13.6.